The van der Waals surface area contributed by atoms with Crippen molar-refractivity contribution in [2.75, 3.05) is 0 Å². The van der Waals surface area contributed by atoms with Gasteiger partial charge in [0, 0.05) is 29.0 Å². The van der Waals surface area contributed by atoms with Crippen LogP contribution in [-0.2, 0) is 6.18 Å². The van der Waals surface area contributed by atoms with Crippen LogP contribution in [-0.4, -0.2) is 19.6 Å². The lowest BCUT2D eigenvalue weighted by Gasteiger charge is -2.11. The van der Waals surface area contributed by atoms with E-state index >= 15 is 0 Å². The second kappa shape index (κ2) is 8.11. The van der Waals surface area contributed by atoms with E-state index in [0.29, 0.717) is 15.1 Å². The number of aromatic nitrogens is 4. The van der Waals surface area contributed by atoms with Gasteiger partial charge in [0.05, 0.1) is 5.69 Å². The summed E-state index contributed by atoms with van der Waals surface area (Å²) in [5.74, 6) is 2.21. The third kappa shape index (κ3) is 4.48. The molecule has 0 aliphatic rings. The van der Waals surface area contributed by atoms with Crippen molar-refractivity contribution >= 4 is 17.2 Å². The summed E-state index contributed by atoms with van der Waals surface area (Å²) < 4.78 is 40.4. The fraction of sp³-hybridized carbons (Fsp3) is 0.0500. The minimum absolute atomic E-state index is 0.0349. The molecule has 0 radical (unpaired) electrons. The predicted octanol–water partition coefficient (Wildman–Crippen LogP) is 5.13. The summed E-state index contributed by atoms with van der Waals surface area (Å²) in [7, 11) is 0. The number of rotatable bonds is 1. The number of halogens is 4. The molecule has 0 aliphatic carbocycles. The molecule has 0 atom stereocenters. The van der Waals surface area contributed by atoms with Crippen molar-refractivity contribution in [1.82, 2.24) is 19.6 Å². The van der Waals surface area contributed by atoms with Gasteiger partial charge in [-0.1, -0.05) is 29.8 Å². The van der Waals surface area contributed by atoms with Gasteiger partial charge in [-0.3, -0.25) is 4.98 Å². The Kier molecular flexibility index (Phi) is 5.62. The topological polar surface area (TPSA) is 43.1 Å². The highest BCUT2D eigenvalue weighted by atomic mass is 35.5. The first-order valence-corrected chi connectivity index (χ1v) is 8.32. The Morgan fingerprint density at radius 1 is 1.00 bits per heavy atom. The van der Waals surface area contributed by atoms with Crippen LogP contribution in [0.15, 0.2) is 67.0 Å². The number of alkyl halides is 3. The van der Waals surface area contributed by atoms with Crippen LogP contribution >= 0.6 is 11.6 Å². The number of terminal acetylenes is 1. The molecule has 0 bridgehead atoms. The van der Waals surface area contributed by atoms with Gasteiger partial charge in [0.2, 0.25) is 0 Å². The van der Waals surface area contributed by atoms with E-state index in [2.05, 4.69) is 21.0 Å². The van der Waals surface area contributed by atoms with Gasteiger partial charge in [-0.15, -0.1) is 6.42 Å². The van der Waals surface area contributed by atoms with Gasteiger partial charge in [0.25, 0.3) is 0 Å². The Balaban J connectivity index is 0.000000320. The van der Waals surface area contributed by atoms with E-state index in [9.17, 15) is 13.2 Å². The zero-order valence-electron chi connectivity index (χ0n) is 14.2. The molecular formula is C20H12ClF3N4. The third-order valence-corrected chi connectivity index (χ3v) is 3.82. The molecule has 0 N–H and O–H groups in total. The molecule has 0 unspecified atom stereocenters. The van der Waals surface area contributed by atoms with Gasteiger partial charge in [-0.2, -0.15) is 18.3 Å². The first-order chi connectivity index (χ1) is 13.4. The van der Waals surface area contributed by atoms with Gasteiger partial charge in [-0.25, -0.2) is 9.50 Å². The largest absolute Gasteiger partial charge is 0.433 e. The second-order valence-corrected chi connectivity index (χ2v) is 5.94. The van der Waals surface area contributed by atoms with E-state index in [1.54, 1.807) is 36.7 Å². The quantitative estimate of drug-likeness (QED) is 0.416. The summed E-state index contributed by atoms with van der Waals surface area (Å²) in [5.41, 5.74) is -0.135. The molecule has 3 heterocycles. The van der Waals surface area contributed by atoms with Crippen LogP contribution in [0, 0.1) is 12.3 Å². The summed E-state index contributed by atoms with van der Waals surface area (Å²) >= 11 is 5.78. The van der Waals surface area contributed by atoms with Gasteiger partial charge >= 0.3 is 6.18 Å². The molecule has 8 heteroatoms. The highest BCUT2D eigenvalue weighted by Crippen LogP contribution is 2.32. The molecule has 0 saturated heterocycles. The van der Waals surface area contributed by atoms with Crippen molar-refractivity contribution in [3.63, 3.8) is 0 Å². The molecule has 0 spiro atoms. The molecule has 140 valence electrons. The number of benzene rings is 1. The predicted molar refractivity (Wildman–Crippen MR) is 101 cm³/mol. The molecule has 0 aliphatic heterocycles. The number of nitrogens with zero attached hydrogens (tertiary/aromatic N) is 4. The SMILES string of the molecule is C#Cc1cc2nc(-c3ccc(Cl)cc3)cc(C(F)(F)F)n2n1.c1ccncc1. The Morgan fingerprint density at radius 3 is 2.18 bits per heavy atom. The van der Waals surface area contributed by atoms with Crippen LogP contribution in [0.4, 0.5) is 13.2 Å². The minimum atomic E-state index is -4.58. The average Bonchev–Trinajstić information content (AvgIpc) is 3.12. The molecule has 3 aromatic heterocycles. The Morgan fingerprint density at radius 2 is 1.68 bits per heavy atom. The average molecular weight is 401 g/mol. The van der Waals surface area contributed by atoms with E-state index in [1.165, 1.54) is 6.07 Å². The van der Waals surface area contributed by atoms with Crippen molar-refractivity contribution in [2.24, 2.45) is 0 Å². The monoisotopic (exact) mass is 400 g/mol. The van der Waals surface area contributed by atoms with E-state index in [4.69, 9.17) is 18.0 Å². The lowest BCUT2D eigenvalue weighted by molar-refractivity contribution is -0.142. The van der Waals surface area contributed by atoms with Crippen LogP contribution in [0.3, 0.4) is 0 Å². The first kappa shape index (κ1) is 19.4. The molecule has 4 aromatic rings. The molecule has 4 rings (SSSR count). The summed E-state index contributed by atoms with van der Waals surface area (Å²) in [5, 5.41) is 4.21. The van der Waals surface area contributed by atoms with E-state index in [1.807, 2.05) is 18.2 Å². The van der Waals surface area contributed by atoms with E-state index < -0.39 is 11.9 Å². The van der Waals surface area contributed by atoms with Crippen LogP contribution < -0.4 is 0 Å². The molecule has 28 heavy (non-hydrogen) atoms. The number of fused-ring (bicyclic) bond motifs is 1. The summed E-state index contributed by atoms with van der Waals surface area (Å²) in [6.07, 6.45) is 4.11. The van der Waals surface area contributed by atoms with Gasteiger partial charge in [0.15, 0.2) is 11.3 Å². The van der Waals surface area contributed by atoms with Crippen LogP contribution in [0.25, 0.3) is 16.9 Å². The van der Waals surface area contributed by atoms with Crippen LogP contribution in [0.5, 0.6) is 0 Å². The first-order valence-electron chi connectivity index (χ1n) is 7.94. The van der Waals surface area contributed by atoms with Gasteiger partial charge < -0.3 is 0 Å². The highest BCUT2D eigenvalue weighted by molar-refractivity contribution is 6.30. The maximum Gasteiger partial charge on any atom is 0.433 e. The maximum absolute atomic E-state index is 13.2. The summed E-state index contributed by atoms with van der Waals surface area (Å²) in [4.78, 5) is 7.96. The Labute approximate surface area is 163 Å². The van der Waals surface area contributed by atoms with Crippen molar-refractivity contribution in [2.45, 2.75) is 6.18 Å². The normalized spacial score (nSPS) is 10.8. The Bertz CT molecular complexity index is 1090. The fourth-order valence-electron chi connectivity index (χ4n) is 2.33. The molecule has 0 amide bonds. The van der Waals surface area contributed by atoms with Gasteiger partial charge in [-0.05, 0) is 36.3 Å². The van der Waals surface area contributed by atoms with E-state index in [0.717, 1.165) is 6.07 Å². The number of hydrogen-bond donors (Lipinski definition) is 0. The van der Waals surface area contributed by atoms with Crippen molar-refractivity contribution in [3.05, 3.63) is 83.4 Å². The fourth-order valence-corrected chi connectivity index (χ4v) is 2.45. The highest BCUT2D eigenvalue weighted by Gasteiger charge is 2.35. The van der Waals surface area contributed by atoms with Crippen molar-refractivity contribution in [3.8, 4) is 23.6 Å². The van der Waals surface area contributed by atoms with E-state index in [-0.39, 0.29) is 17.0 Å². The zero-order valence-corrected chi connectivity index (χ0v) is 15.0. The number of hydrogen-bond acceptors (Lipinski definition) is 3. The molecule has 0 fully saturated rings. The standard InChI is InChI=1S/C15H7ClF3N3.C5H5N/c1-2-11-7-14-20-12(9-3-5-10(16)6-4-9)8-13(15(17,18)19)22(14)21-11;1-2-4-6-5-3-1/h1,3-8H;1-5H. The van der Waals surface area contributed by atoms with Gasteiger partial charge in [0.1, 0.15) is 5.69 Å². The van der Waals surface area contributed by atoms with Crippen molar-refractivity contribution in [1.29, 1.82) is 0 Å². The van der Waals surface area contributed by atoms with Crippen molar-refractivity contribution < 1.29 is 13.2 Å². The lowest BCUT2D eigenvalue weighted by atomic mass is 10.1. The molecule has 4 nitrogen and oxygen atoms in total. The molecule has 1 aromatic carbocycles. The lowest BCUT2D eigenvalue weighted by Crippen LogP contribution is -2.13. The summed E-state index contributed by atoms with van der Waals surface area (Å²) in [6.45, 7) is 0. The minimum Gasteiger partial charge on any atom is -0.265 e. The zero-order chi connectivity index (χ0) is 20.1. The molecule has 0 saturated carbocycles. The van der Waals surface area contributed by atoms with Crippen LogP contribution in [0.1, 0.15) is 11.4 Å². The smallest absolute Gasteiger partial charge is 0.265 e. The van der Waals surface area contributed by atoms with Crippen LogP contribution in [0.2, 0.25) is 5.02 Å². The number of pyridine rings is 1. The molecular weight excluding hydrogens is 389 g/mol. The Hall–Kier alpha value is -3.37. The summed E-state index contributed by atoms with van der Waals surface area (Å²) in [6, 6.07) is 14.3. The second-order valence-electron chi connectivity index (χ2n) is 5.50. The maximum atomic E-state index is 13.2. The third-order valence-electron chi connectivity index (χ3n) is 3.57.